The number of benzene rings is 2. The van der Waals surface area contributed by atoms with E-state index in [1.165, 1.54) is 10.7 Å². The SMILES string of the molecule is Cl.Cl.N=C(N)c1ccc(-c2cn(-c3cc(C(=N)N)ccc3O)nn2)cc1. The van der Waals surface area contributed by atoms with E-state index in [0.717, 1.165) is 5.56 Å². The summed E-state index contributed by atoms with van der Waals surface area (Å²) in [5, 5.41) is 33.0. The zero-order valence-electron chi connectivity index (χ0n) is 13.4. The third kappa shape index (κ3) is 4.11. The van der Waals surface area contributed by atoms with Crippen LogP contribution in [0.15, 0.2) is 48.7 Å². The number of nitrogen functional groups attached to an aromatic ring is 2. The Morgan fingerprint density at radius 1 is 0.923 bits per heavy atom. The monoisotopic (exact) mass is 393 g/mol. The fourth-order valence-electron chi connectivity index (χ4n) is 2.21. The number of amidine groups is 2. The van der Waals surface area contributed by atoms with Crippen molar-refractivity contribution in [2.24, 2.45) is 11.5 Å². The van der Waals surface area contributed by atoms with Crippen LogP contribution in [-0.4, -0.2) is 31.8 Å². The molecule has 0 radical (unpaired) electrons. The number of aromatic hydroxyl groups is 1. The maximum Gasteiger partial charge on any atom is 0.141 e. The number of rotatable bonds is 4. The number of nitrogens with two attached hydrogens (primary N) is 2. The van der Waals surface area contributed by atoms with Gasteiger partial charge in [0.25, 0.3) is 0 Å². The van der Waals surface area contributed by atoms with Gasteiger partial charge in [0.2, 0.25) is 0 Å². The van der Waals surface area contributed by atoms with E-state index >= 15 is 0 Å². The summed E-state index contributed by atoms with van der Waals surface area (Å²) < 4.78 is 1.41. The van der Waals surface area contributed by atoms with E-state index < -0.39 is 0 Å². The molecule has 7 N–H and O–H groups in total. The zero-order valence-corrected chi connectivity index (χ0v) is 15.0. The first-order valence-electron chi connectivity index (χ1n) is 7.00. The average molecular weight is 394 g/mol. The van der Waals surface area contributed by atoms with Gasteiger partial charge in [-0.3, -0.25) is 10.8 Å². The molecule has 26 heavy (non-hydrogen) atoms. The Balaban J connectivity index is 0.00000169. The number of hydrogen-bond donors (Lipinski definition) is 5. The molecule has 0 bridgehead atoms. The lowest BCUT2D eigenvalue weighted by Gasteiger charge is -2.06. The van der Waals surface area contributed by atoms with E-state index in [0.29, 0.717) is 22.5 Å². The number of halogens is 2. The largest absolute Gasteiger partial charge is 0.506 e. The fourth-order valence-corrected chi connectivity index (χ4v) is 2.21. The highest BCUT2D eigenvalue weighted by atomic mass is 35.5. The molecule has 0 atom stereocenters. The maximum absolute atomic E-state index is 10.0. The lowest BCUT2D eigenvalue weighted by atomic mass is 10.1. The van der Waals surface area contributed by atoms with Crippen LogP contribution in [0, 0.1) is 10.8 Å². The van der Waals surface area contributed by atoms with E-state index in [4.69, 9.17) is 22.3 Å². The Bertz CT molecular complexity index is 938. The van der Waals surface area contributed by atoms with Gasteiger partial charge in [0.05, 0.1) is 6.20 Å². The molecule has 8 nitrogen and oxygen atoms in total. The Kier molecular flexibility index (Phi) is 6.71. The highest BCUT2D eigenvalue weighted by molar-refractivity contribution is 5.96. The molecule has 136 valence electrons. The molecule has 0 fully saturated rings. The molecule has 1 heterocycles. The molecule has 2 aromatic carbocycles. The van der Waals surface area contributed by atoms with Gasteiger partial charge in [-0.25, -0.2) is 4.68 Å². The molecule has 0 unspecified atom stereocenters. The molecule has 0 aliphatic rings. The Morgan fingerprint density at radius 2 is 1.50 bits per heavy atom. The van der Waals surface area contributed by atoms with Gasteiger partial charge < -0.3 is 16.6 Å². The summed E-state index contributed by atoms with van der Waals surface area (Å²) in [6.45, 7) is 0. The average Bonchev–Trinajstić information content (AvgIpc) is 3.05. The summed E-state index contributed by atoms with van der Waals surface area (Å²) in [5.41, 5.74) is 13.8. The van der Waals surface area contributed by atoms with Crippen LogP contribution in [-0.2, 0) is 0 Å². The Labute approximate surface area is 161 Å². The van der Waals surface area contributed by atoms with Gasteiger partial charge in [-0.05, 0) is 18.2 Å². The molecular formula is C16H17Cl2N7O. The highest BCUT2D eigenvalue weighted by Gasteiger charge is 2.11. The van der Waals surface area contributed by atoms with E-state index in [9.17, 15) is 5.11 Å². The third-order valence-corrected chi connectivity index (χ3v) is 3.52. The van der Waals surface area contributed by atoms with Crippen LogP contribution in [0.25, 0.3) is 16.9 Å². The first-order chi connectivity index (χ1) is 11.5. The van der Waals surface area contributed by atoms with Crippen molar-refractivity contribution < 1.29 is 5.11 Å². The van der Waals surface area contributed by atoms with Crippen LogP contribution >= 0.6 is 24.8 Å². The minimum Gasteiger partial charge on any atom is -0.506 e. The van der Waals surface area contributed by atoms with Crippen LogP contribution < -0.4 is 11.5 Å². The van der Waals surface area contributed by atoms with Crippen LogP contribution in [0.1, 0.15) is 11.1 Å². The van der Waals surface area contributed by atoms with Gasteiger partial charge in [0.15, 0.2) is 0 Å². The number of nitrogens with zero attached hydrogens (tertiary/aromatic N) is 3. The number of nitrogens with one attached hydrogen (secondary N) is 2. The van der Waals surface area contributed by atoms with Crippen molar-refractivity contribution in [2.45, 2.75) is 0 Å². The second-order valence-corrected chi connectivity index (χ2v) is 5.16. The van der Waals surface area contributed by atoms with Crippen molar-refractivity contribution >= 4 is 36.5 Å². The molecule has 1 aromatic heterocycles. The van der Waals surface area contributed by atoms with Gasteiger partial charge in [0, 0.05) is 16.7 Å². The summed E-state index contributed by atoms with van der Waals surface area (Å²) in [7, 11) is 0. The molecule has 0 aliphatic carbocycles. The molecule has 3 aromatic rings. The number of aromatic nitrogens is 3. The van der Waals surface area contributed by atoms with Crippen LogP contribution in [0.2, 0.25) is 0 Å². The lowest BCUT2D eigenvalue weighted by Crippen LogP contribution is -2.11. The lowest BCUT2D eigenvalue weighted by molar-refractivity contribution is 0.469. The zero-order chi connectivity index (χ0) is 17.3. The maximum atomic E-state index is 10.0. The molecule has 10 heteroatoms. The third-order valence-electron chi connectivity index (χ3n) is 3.52. The predicted octanol–water partition coefficient (Wildman–Crippen LogP) is 2.05. The first kappa shape index (κ1) is 20.9. The first-order valence-corrected chi connectivity index (χ1v) is 7.00. The summed E-state index contributed by atoms with van der Waals surface area (Å²) in [5.74, 6) is -0.101. The van der Waals surface area contributed by atoms with E-state index in [1.807, 2.05) is 0 Å². The summed E-state index contributed by atoms with van der Waals surface area (Å²) in [6.07, 6.45) is 1.65. The Morgan fingerprint density at radius 3 is 2.08 bits per heavy atom. The molecule has 0 amide bonds. The van der Waals surface area contributed by atoms with Crippen molar-refractivity contribution in [3.8, 4) is 22.7 Å². The summed E-state index contributed by atoms with van der Waals surface area (Å²) in [4.78, 5) is 0. The quantitative estimate of drug-likeness (QED) is 0.339. The van der Waals surface area contributed by atoms with Crippen molar-refractivity contribution in [2.75, 3.05) is 0 Å². The van der Waals surface area contributed by atoms with Crippen molar-refractivity contribution in [1.82, 2.24) is 15.0 Å². The van der Waals surface area contributed by atoms with Gasteiger partial charge in [-0.2, -0.15) is 0 Å². The van der Waals surface area contributed by atoms with E-state index in [-0.39, 0.29) is 42.2 Å². The summed E-state index contributed by atoms with van der Waals surface area (Å²) >= 11 is 0. The highest BCUT2D eigenvalue weighted by Crippen LogP contribution is 2.24. The van der Waals surface area contributed by atoms with Crippen LogP contribution in [0.3, 0.4) is 0 Å². The minimum atomic E-state index is -0.101. The minimum absolute atomic E-state index is 0. The van der Waals surface area contributed by atoms with Crippen molar-refractivity contribution in [3.63, 3.8) is 0 Å². The fraction of sp³-hybridized carbons (Fsp3) is 0. The molecule has 0 saturated heterocycles. The second kappa shape index (κ2) is 8.32. The molecular weight excluding hydrogens is 377 g/mol. The smallest absolute Gasteiger partial charge is 0.141 e. The van der Waals surface area contributed by atoms with Crippen molar-refractivity contribution in [1.29, 1.82) is 10.8 Å². The predicted molar refractivity (Wildman–Crippen MR) is 105 cm³/mol. The Hall–Kier alpha value is -3.10. The van der Waals surface area contributed by atoms with Crippen molar-refractivity contribution in [3.05, 3.63) is 59.8 Å². The number of hydrogen-bond acceptors (Lipinski definition) is 5. The van der Waals surface area contributed by atoms with Gasteiger partial charge in [-0.15, -0.1) is 29.9 Å². The number of phenols is 1. The van der Waals surface area contributed by atoms with Gasteiger partial charge in [-0.1, -0.05) is 29.5 Å². The van der Waals surface area contributed by atoms with E-state index in [1.54, 1.807) is 42.6 Å². The van der Waals surface area contributed by atoms with E-state index in [2.05, 4.69) is 10.3 Å². The molecule has 0 spiro atoms. The molecule has 0 saturated carbocycles. The molecule has 0 aliphatic heterocycles. The van der Waals surface area contributed by atoms with Gasteiger partial charge >= 0.3 is 0 Å². The standard InChI is InChI=1S/C16H15N7O.2ClH/c17-15(18)10-3-1-9(2-4-10)12-8-23(22-21-12)13-7-11(16(19)20)5-6-14(13)24;;/h1-8,24H,(H3,17,18)(H3,19,20);2*1H. The van der Waals surface area contributed by atoms with Crippen LogP contribution in [0.4, 0.5) is 0 Å². The number of phenolic OH excluding ortho intramolecular Hbond substituents is 1. The topological polar surface area (TPSA) is 151 Å². The normalized spacial score (nSPS) is 9.69. The van der Waals surface area contributed by atoms with Gasteiger partial charge in [0.1, 0.15) is 28.8 Å². The van der Waals surface area contributed by atoms with Crippen LogP contribution in [0.5, 0.6) is 5.75 Å². The summed E-state index contributed by atoms with van der Waals surface area (Å²) in [6, 6.07) is 11.6. The molecule has 3 rings (SSSR count). The second-order valence-electron chi connectivity index (χ2n) is 5.16.